The summed E-state index contributed by atoms with van der Waals surface area (Å²) in [5, 5.41) is 0. The van der Waals surface area contributed by atoms with Crippen molar-refractivity contribution in [3.05, 3.63) is 11.6 Å². The van der Waals surface area contributed by atoms with Gasteiger partial charge in [0.15, 0.2) is 0 Å². The first-order valence-electron chi connectivity index (χ1n) is 5.67. The molecule has 1 heteroatoms. The Balaban J connectivity index is 2.49. The van der Waals surface area contributed by atoms with E-state index >= 15 is 0 Å². The maximum atomic E-state index is 10.6. The number of aldehydes is 1. The minimum atomic E-state index is 0.237. The van der Waals surface area contributed by atoms with Crippen molar-refractivity contribution in [2.45, 2.75) is 52.9 Å². The molecule has 0 spiro atoms. The van der Waals surface area contributed by atoms with Crippen molar-refractivity contribution in [3.63, 3.8) is 0 Å². The maximum absolute atomic E-state index is 10.6. The number of allylic oxidation sites excluding steroid dienone is 2. The van der Waals surface area contributed by atoms with E-state index in [1.807, 2.05) is 6.92 Å². The van der Waals surface area contributed by atoms with Gasteiger partial charge in [0, 0.05) is 5.92 Å². The maximum Gasteiger partial charge on any atom is 0.122 e. The second-order valence-corrected chi connectivity index (χ2v) is 5.16. The molecule has 80 valence electrons. The Morgan fingerprint density at radius 3 is 2.43 bits per heavy atom. The molecule has 0 bridgehead atoms. The van der Waals surface area contributed by atoms with Gasteiger partial charge >= 0.3 is 0 Å². The van der Waals surface area contributed by atoms with Gasteiger partial charge in [-0.2, -0.15) is 0 Å². The summed E-state index contributed by atoms with van der Waals surface area (Å²) in [6.45, 7) is 6.33. The smallest absolute Gasteiger partial charge is 0.122 e. The summed E-state index contributed by atoms with van der Waals surface area (Å²) in [6.07, 6.45) is 9.67. The lowest BCUT2D eigenvalue weighted by atomic mass is 9.62. The van der Waals surface area contributed by atoms with Crippen LogP contribution < -0.4 is 0 Å². The topological polar surface area (TPSA) is 17.1 Å². The van der Waals surface area contributed by atoms with Crippen molar-refractivity contribution in [1.82, 2.24) is 0 Å². The van der Waals surface area contributed by atoms with E-state index in [4.69, 9.17) is 0 Å². The van der Waals surface area contributed by atoms with Gasteiger partial charge in [-0.15, -0.1) is 0 Å². The summed E-state index contributed by atoms with van der Waals surface area (Å²) in [5.41, 5.74) is 1.87. The summed E-state index contributed by atoms with van der Waals surface area (Å²) in [7, 11) is 0. The first-order valence-corrected chi connectivity index (χ1v) is 5.67. The normalized spacial score (nSPS) is 20.8. The number of rotatable bonds is 5. The number of hydrogen-bond acceptors (Lipinski definition) is 1. The number of carbonyl (C=O) groups excluding carboxylic acids is 1. The second-order valence-electron chi connectivity index (χ2n) is 5.16. The Hall–Kier alpha value is -0.590. The molecule has 14 heavy (non-hydrogen) atoms. The molecule has 1 atom stereocenters. The summed E-state index contributed by atoms with van der Waals surface area (Å²) >= 11 is 0. The fourth-order valence-electron chi connectivity index (χ4n) is 2.32. The molecule has 1 fully saturated rings. The van der Waals surface area contributed by atoms with E-state index in [2.05, 4.69) is 19.9 Å². The van der Waals surface area contributed by atoms with E-state index in [9.17, 15) is 4.79 Å². The van der Waals surface area contributed by atoms with Crippen LogP contribution in [-0.2, 0) is 4.79 Å². The molecule has 1 aliphatic rings. The highest BCUT2D eigenvalue weighted by molar-refractivity contribution is 5.52. The van der Waals surface area contributed by atoms with E-state index < -0.39 is 0 Å². The van der Waals surface area contributed by atoms with Crippen LogP contribution in [0.2, 0.25) is 0 Å². The molecule has 0 saturated heterocycles. The lowest BCUT2D eigenvalue weighted by Crippen LogP contribution is -2.31. The molecule has 0 radical (unpaired) electrons. The van der Waals surface area contributed by atoms with Crippen LogP contribution in [0, 0.1) is 11.3 Å². The third-order valence-corrected chi connectivity index (χ3v) is 3.34. The molecular weight excluding hydrogens is 172 g/mol. The highest BCUT2D eigenvalue weighted by Crippen LogP contribution is 2.48. The van der Waals surface area contributed by atoms with Gasteiger partial charge < -0.3 is 4.79 Å². The van der Waals surface area contributed by atoms with Crippen LogP contribution in [0.1, 0.15) is 52.9 Å². The highest BCUT2D eigenvalue weighted by atomic mass is 16.1. The van der Waals surface area contributed by atoms with Gasteiger partial charge in [-0.1, -0.05) is 25.0 Å². The Morgan fingerprint density at radius 1 is 1.43 bits per heavy atom. The molecular formula is C13H22O. The van der Waals surface area contributed by atoms with Crippen molar-refractivity contribution >= 4 is 6.29 Å². The van der Waals surface area contributed by atoms with Crippen LogP contribution in [0.5, 0.6) is 0 Å². The summed E-state index contributed by atoms with van der Waals surface area (Å²) in [5.74, 6) is 0.237. The molecule has 0 aromatic heterocycles. The van der Waals surface area contributed by atoms with Gasteiger partial charge in [0.05, 0.1) is 0 Å². The predicted octanol–water partition coefficient (Wildman–Crippen LogP) is 3.74. The average molecular weight is 194 g/mol. The predicted molar refractivity (Wildman–Crippen MR) is 60.2 cm³/mol. The van der Waals surface area contributed by atoms with Crippen LogP contribution in [0.25, 0.3) is 0 Å². The largest absolute Gasteiger partial charge is 0.303 e. The minimum absolute atomic E-state index is 0.237. The zero-order valence-corrected chi connectivity index (χ0v) is 9.68. The summed E-state index contributed by atoms with van der Waals surface area (Å²) < 4.78 is 0. The van der Waals surface area contributed by atoms with Crippen molar-refractivity contribution < 1.29 is 4.79 Å². The zero-order valence-electron chi connectivity index (χ0n) is 9.68. The quantitative estimate of drug-likeness (QED) is 0.481. The molecule has 1 rings (SSSR count). The van der Waals surface area contributed by atoms with Crippen LogP contribution in [0.3, 0.4) is 0 Å². The van der Waals surface area contributed by atoms with Gasteiger partial charge in [0.2, 0.25) is 0 Å². The Bertz CT molecular complexity index is 219. The van der Waals surface area contributed by atoms with Crippen LogP contribution in [0.15, 0.2) is 11.6 Å². The molecule has 0 aliphatic heterocycles. The average Bonchev–Trinajstić information content (AvgIpc) is 2.08. The van der Waals surface area contributed by atoms with Crippen LogP contribution >= 0.6 is 0 Å². The van der Waals surface area contributed by atoms with Gasteiger partial charge in [-0.05, 0) is 44.9 Å². The Morgan fingerprint density at radius 2 is 2.07 bits per heavy atom. The van der Waals surface area contributed by atoms with E-state index in [0.29, 0.717) is 5.41 Å². The van der Waals surface area contributed by atoms with Crippen molar-refractivity contribution in [1.29, 1.82) is 0 Å². The summed E-state index contributed by atoms with van der Waals surface area (Å²) in [6, 6.07) is 0. The van der Waals surface area contributed by atoms with Crippen LogP contribution in [-0.4, -0.2) is 6.29 Å². The molecule has 0 N–H and O–H groups in total. The fraction of sp³-hybridized carbons (Fsp3) is 0.769. The first-order chi connectivity index (χ1) is 6.58. The SMILES string of the molecule is CC(C)=CCC1(CC(C)C=O)CCC1. The molecule has 1 aliphatic carbocycles. The molecule has 0 amide bonds. The lowest BCUT2D eigenvalue weighted by Gasteiger charge is -2.42. The van der Waals surface area contributed by atoms with E-state index in [0.717, 1.165) is 12.7 Å². The van der Waals surface area contributed by atoms with Gasteiger partial charge in [-0.25, -0.2) is 0 Å². The number of carbonyl (C=O) groups is 1. The zero-order chi connectivity index (χ0) is 10.6. The summed E-state index contributed by atoms with van der Waals surface area (Å²) in [4.78, 5) is 10.6. The molecule has 0 heterocycles. The molecule has 1 saturated carbocycles. The van der Waals surface area contributed by atoms with E-state index in [-0.39, 0.29) is 5.92 Å². The van der Waals surface area contributed by atoms with Crippen molar-refractivity contribution in [2.75, 3.05) is 0 Å². The highest BCUT2D eigenvalue weighted by Gasteiger charge is 2.36. The fourth-order valence-corrected chi connectivity index (χ4v) is 2.32. The standard InChI is InChI=1S/C13H22O/c1-11(2)5-8-13(6-4-7-13)9-12(3)10-14/h5,10,12H,4,6-9H2,1-3H3. The second kappa shape index (κ2) is 4.77. The van der Waals surface area contributed by atoms with Gasteiger partial charge in [0.25, 0.3) is 0 Å². The van der Waals surface area contributed by atoms with E-state index in [1.165, 1.54) is 31.3 Å². The molecule has 1 unspecified atom stereocenters. The molecule has 1 nitrogen and oxygen atoms in total. The number of hydrogen-bond donors (Lipinski definition) is 0. The van der Waals surface area contributed by atoms with Crippen LogP contribution in [0.4, 0.5) is 0 Å². The minimum Gasteiger partial charge on any atom is -0.303 e. The van der Waals surface area contributed by atoms with Gasteiger partial charge in [-0.3, -0.25) is 0 Å². The molecule has 0 aromatic carbocycles. The van der Waals surface area contributed by atoms with E-state index in [1.54, 1.807) is 0 Å². The first kappa shape index (κ1) is 11.5. The molecule has 0 aromatic rings. The van der Waals surface area contributed by atoms with Crippen molar-refractivity contribution in [3.8, 4) is 0 Å². The third-order valence-electron chi connectivity index (χ3n) is 3.34. The Kier molecular flexibility index (Phi) is 3.91. The van der Waals surface area contributed by atoms with Crippen molar-refractivity contribution in [2.24, 2.45) is 11.3 Å². The monoisotopic (exact) mass is 194 g/mol. The Labute approximate surface area is 87.6 Å². The third kappa shape index (κ3) is 2.97. The lowest BCUT2D eigenvalue weighted by molar-refractivity contribution is -0.112. The van der Waals surface area contributed by atoms with Gasteiger partial charge in [0.1, 0.15) is 6.29 Å².